The monoisotopic (exact) mass is 403 g/mol. The molecule has 7 nitrogen and oxygen atoms in total. The average Bonchev–Trinajstić information content (AvgIpc) is 2.90. The molecule has 28 heavy (non-hydrogen) atoms. The maximum atomic E-state index is 13.5. The van der Waals surface area contributed by atoms with Gasteiger partial charge in [0.1, 0.15) is 21.8 Å². The SMILES string of the molecule is CC(C)[C@@H]1C=Cc2c(cn(C)c2C(O)Nc2ccc(F)c(C#N)c2)S(=N)(=O)N1. The van der Waals surface area contributed by atoms with E-state index in [2.05, 4.69) is 10.0 Å². The van der Waals surface area contributed by atoms with Gasteiger partial charge in [0, 0.05) is 30.5 Å². The summed E-state index contributed by atoms with van der Waals surface area (Å²) in [7, 11) is -1.58. The predicted octanol–water partition coefficient (Wildman–Crippen LogP) is 3.10. The van der Waals surface area contributed by atoms with E-state index in [4.69, 9.17) is 10.0 Å². The number of benzene rings is 1. The standard InChI is InChI=1S/C19H22FN5O2S/c1-11(2)16-7-5-14-17(28(22,27)24-16)10-25(3)18(14)19(26)23-13-4-6-15(20)12(8-13)9-21/h4-8,10-11,16,19,23,26H,1-3H3,(H2,22,24,27)/t16-,19?,28?/m0/s1. The Morgan fingerprint density at radius 3 is 2.82 bits per heavy atom. The number of nitrogens with zero attached hydrogens (tertiary/aromatic N) is 2. The lowest BCUT2D eigenvalue weighted by atomic mass is 10.0. The summed E-state index contributed by atoms with van der Waals surface area (Å²) in [6.45, 7) is 3.93. The number of aliphatic hydroxyl groups is 1. The normalized spacial score (nSPS) is 22.4. The summed E-state index contributed by atoms with van der Waals surface area (Å²) >= 11 is 0. The number of rotatable bonds is 4. The van der Waals surface area contributed by atoms with Gasteiger partial charge in [0.25, 0.3) is 0 Å². The zero-order chi connectivity index (χ0) is 20.6. The molecule has 1 aliphatic heterocycles. The third-order valence-electron chi connectivity index (χ3n) is 4.68. The van der Waals surface area contributed by atoms with Crippen LogP contribution >= 0.6 is 0 Å². The molecule has 3 rings (SSSR count). The number of aliphatic hydroxyl groups excluding tert-OH is 1. The van der Waals surface area contributed by atoms with E-state index in [1.807, 2.05) is 19.9 Å². The van der Waals surface area contributed by atoms with Crippen LogP contribution in [0.3, 0.4) is 0 Å². The molecule has 1 aromatic heterocycles. The molecule has 2 aromatic rings. The molecule has 0 amide bonds. The van der Waals surface area contributed by atoms with Crippen molar-refractivity contribution in [2.75, 3.05) is 5.32 Å². The summed E-state index contributed by atoms with van der Waals surface area (Å²) in [6, 6.07) is 5.38. The highest BCUT2D eigenvalue weighted by molar-refractivity contribution is 7.90. The number of aryl methyl sites for hydroxylation is 1. The van der Waals surface area contributed by atoms with Crippen LogP contribution in [0, 0.1) is 27.8 Å². The van der Waals surface area contributed by atoms with Gasteiger partial charge in [0.2, 0.25) is 0 Å². The van der Waals surface area contributed by atoms with Crippen LogP contribution in [0.1, 0.15) is 36.9 Å². The van der Waals surface area contributed by atoms with E-state index in [-0.39, 0.29) is 17.5 Å². The number of nitriles is 1. The lowest BCUT2D eigenvalue weighted by molar-refractivity contribution is 0.199. The molecule has 0 bridgehead atoms. The molecule has 0 saturated heterocycles. The highest BCUT2D eigenvalue weighted by Gasteiger charge is 2.29. The Balaban J connectivity index is 2.01. The van der Waals surface area contributed by atoms with E-state index in [9.17, 15) is 13.7 Å². The fraction of sp³-hybridized carbons (Fsp3) is 0.316. The quantitative estimate of drug-likeness (QED) is 0.587. The van der Waals surface area contributed by atoms with Gasteiger partial charge in [-0.3, -0.25) is 0 Å². The molecular weight excluding hydrogens is 381 g/mol. The van der Waals surface area contributed by atoms with Gasteiger partial charge < -0.3 is 15.0 Å². The Morgan fingerprint density at radius 1 is 1.46 bits per heavy atom. The van der Waals surface area contributed by atoms with Crippen LogP contribution in [0.4, 0.5) is 10.1 Å². The Bertz CT molecular complexity index is 1080. The van der Waals surface area contributed by atoms with Crippen molar-refractivity contribution in [3.63, 3.8) is 0 Å². The summed E-state index contributed by atoms with van der Waals surface area (Å²) in [5.74, 6) is -0.506. The van der Waals surface area contributed by atoms with Gasteiger partial charge in [-0.25, -0.2) is 18.1 Å². The molecule has 0 fully saturated rings. The van der Waals surface area contributed by atoms with E-state index in [0.717, 1.165) is 6.07 Å². The first-order valence-electron chi connectivity index (χ1n) is 8.71. The number of aromatic nitrogens is 1. The van der Waals surface area contributed by atoms with Crippen LogP contribution in [-0.4, -0.2) is 19.9 Å². The topological polar surface area (TPSA) is 114 Å². The molecule has 1 aromatic carbocycles. The zero-order valence-corrected chi connectivity index (χ0v) is 16.5. The molecule has 1 aliphatic rings. The van der Waals surface area contributed by atoms with E-state index in [0.29, 0.717) is 21.8 Å². The summed E-state index contributed by atoms with van der Waals surface area (Å²) in [4.78, 5) is 0.294. The van der Waals surface area contributed by atoms with Crippen LogP contribution in [-0.2, 0) is 17.0 Å². The highest BCUT2D eigenvalue weighted by Crippen LogP contribution is 2.32. The minimum absolute atomic E-state index is 0.135. The summed E-state index contributed by atoms with van der Waals surface area (Å²) in [5.41, 5.74) is 1.14. The molecule has 0 saturated carbocycles. The zero-order valence-electron chi connectivity index (χ0n) is 15.7. The second-order valence-corrected chi connectivity index (χ2v) is 8.85. The average molecular weight is 403 g/mol. The van der Waals surface area contributed by atoms with Gasteiger partial charge in [-0.2, -0.15) is 5.26 Å². The molecule has 4 N–H and O–H groups in total. The van der Waals surface area contributed by atoms with Crippen LogP contribution in [0.25, 0.3) is 6.08 Å². The van der Waals surface area contributed by atoms with Gasteiger partial charge in [0.15, 0.2) is 6.23 Å². The van der Waals surface area contributed by atoms with E-state index < -0.39 is 22.0 Å². The highest BCUT2D eigenvalue weighted by atomic mass is 32.2. The molecule has 0 radical (unpaired) electrons. The van der Waals surface area contributed by atoms with Gasteiger partial charge in [-0.1, -0.05) is 26.0 Å². The maximum absolute atomic E-state index is 13.5. The number of fused-ring (bicyclic) bond motifs is 1. The second-order valence-electron chi connectivity index (χ2n) is 7.06. The smallest absolute Gasteiger partial charge is 0.166 e. The molecule has 3 atom stereocenters. The fourth-order valence-electron chi connectivity index (χ4n) is 3.15. The van der Waals surface area contributed by atoms with E-state index in [1.165, 1.54) is 12.1 Å². The largest absolute Gasteiger partial charge is 0.368 e. The third kappa shape index (κ3) is 3.67. The number of anilines is 1. The Kier molecular flexibility index (Phi) is 5.30. The number of hydrogen-bond acceptors (Lipinski definition) is 5. The van der Waals surface area contributed by atoms with Crippen molar-refractivity contribution in [1.82, 2.24) is 9.29 Å². The summed E-state index contributed by atoms with van der Waals surface area (Å²) < 4.78 is 39.3. The molecule has 148 valence electrons. The van der Waals surface area contributed by atoms with Crippen molar-refractivity contribution in [3.8, 4) is 6.07 Å². The Hall–Kier alpha value is -2.67. The lowest BCUT2D eigenvalue weighted by Gasteiger charge is -2.18. The van der Waals surface area contributed by atoms with Gasteiger partial charge >= 0.3 is 0 Å². The van der Waals surface area contributed by atoms with Crippen molar-refractivity contribution < 1.29 is 13.7 Å². The minimum atomic E-state index is -3.26. The van der Waals surface area contributed by atoms with E-state index in [1.54, 1.807) is 30.0 Å². The van der Waals surface area contributed by atoms with Crippen molar-refractivity contribution in [2.45, 2.75) is 31.0 Å². The van der Waals surface area contributed by atoms with Crippen LogP contribution < -0.4 is 10.0 Å². The molecular formula is C19H22FN5O2S. The molecule has 0 aliphatic carbocycles. The van der Waals surface area contributed by atoms with Gasteiger partial charge in [0.05, 0.1) is 16.2 Å². The number of halogens is 1. The van der Waals surface area contributed by atoms with Crippen molar-refractivity contribution >= 4 is 21.7 Å². The minimum Gasteiger partial charge on any atom is -0.368 e. The first-order chi connectivity index (χ1) is 13.1. The number of nitrogens with one attached hydrogen (secondary N) is 3. The van der Waals surface area contributed by atoms with Gasteiger partial charge in [-0.05, 0) is 24.1 Å². The first kappa shape index (κ1) is 20.1. The van der Waals surface area contributed by atoms with Crippen LogP contribution in [0.15, 0.2) is 35.4 Å². The van der Waals surface area contributed by atoms with E-state index >= 15 is 0 Å². The molecule has 2 unspecified atom stereocenters. The van der Waals surface area contributed by atoms with Crippen LogP contribution in [0.2, 0.25) is 0 Å². The molecule has 2 heterocycles. The summed E-state index contributed by atoms with van der Waals surface area (Å²) in [5, 5.41) is 22.5. The van der Waals surface area contributed by atoms with Crippen molar-refractivity contribution in [1.29, 1.82) is 10.0 Å². The summed E-state index contributed by atoms with van der Waals surface area (Å²) in [6.07, 6.45) is 3.95. The Labute approximate surface area is 163 Å². The van der Waals surface area contributed by atoms with Crippen molar-refractivity contribution in [2.24, 2.45) is 13.0 Å². The maximum Gasteiger partial charge on any atom is 0.166 e. The molecule has 9 heteroatoms. The number of hydrogen-bond donors (Lipinski definition) is 4. The fourth-order valence-corrected chi connectivity index (χ4v) is 4.80. The third-order valence-corrected chi connectivity index (χ3v) is 6.23. The Morgan fingerprint density at radius 2 is 2.18 bits per heavy atom. The first-order valence-corrected chi connectivity index (χ1v) is 10.3. The second kappa shape index (κ2) is 7.39. The predicted molar refractivity (Wildman–Crippen MR) is 105 cm³/mol. The van der Waals surface area contributed by atoms with Crippen molar-refractivity contribution in [3.05, 3.63) is 53.1 Å². The van der Waals surface area contributed by atoms with Gasteiger partial charge in [-0.15, -0.1) is 0 Å². The van der Waals surface area contributed by atoms with Crippen LogP contribution in [0.5, 0.6) is 0 Å². The lowest BCUT2D eigenvalue weighted by Crippen LogP contribution is -2.35. The molecule has 0 spiro atoms.